The molecule has 11 nitrogen and oxygen atoms in total. The number of hydrogen-bond acceptors (Lipinski definition) is 10. The molecule has 7 heterocycles. The Morgan fingerprint density at radius 1 is 1.18 bits per heavy atom. The number of fused-ring (bicyclic) bond motifs is 3. The number of carbonyl (C=O) groups is 1. The molecule has 12 heteroatoms. The zero-order valence-corrected chi connectivity index (χ0v) is 23.9. The van der Waals surface area contributed by atoms with Gasteiger partial charge in [-0.15, -0.1) is 10.2 Å². The number of piperidine rings is 1. The SMILES string of the molecule is CC(C)Nc1cc(-c2ccc3cc(C#N)cnn23)ncc1-c1nnc(N2CC3CC(C2)N3C(=O)OC(C)(C)C)s1. The highest BCUT2D eigenvalue weighted by molar-refractivity contribution is 7.18. The fourth-order valence-electron chi connectivity index (χ4n) is 5.28. The largest absolute Gasteiger partial charge is 0.444 e. The number of pyridine rings is 1. The Morgan fingerprint density at radius 2 is 1.95 bits per heavy atom. The maximum Gasteiger partial charge on any atom is 0.410 e. The van der Waals surface area contributed by atoms with E-state index in [4.69, 9.17) is 9.72 Å². The molecule has 0 aliphatic carbocycles. The van der Waals surface area contributed by atoms with Crippen LogP contribution in [-0.2, 0) is 4.74 Å². The molecule has 4 aromatic heterocycles. The van der Waals surface area contributed by atoms with Crippen LogP contribution in [0.3, 0.4) is 0 Å². The number of rotatable bonds is 5. The number of ether oxygens (including phenoxy) is 1. The number of nitrogens with one attached hydrogen (secondary N) is 1. The van der Waals surface area contributed by atoms with Gasteiger partial charge in [-0.3, -0.25) is 9.88 Å². The average molecular weight is 558 g/mol. The van der Waals surface area contributed by atoms with Crippen LogP contribution in [0.4, 0.5) is 15.6 Å². The summed E-state index contributed by atoms with van der Waals surface area (Å²) in [6.07, 6.45) is 4.12. The molecule has 2 atom stereocenters. The monoisotopic (exact) mass is 557 g/mol. The Bertz CT molecular complexity index is 1620. The van der Waals surface area contributed by atoms with Crippen molar-refractivity contribution in [3.63, 3.8) is 0 Å². The van der Waals surface area contributed by atoms with Gasteiger partial charge in [0.1, 0.15) is 11.7 Å². The number of aromatic nitrogens is 5. The van der Waals surface area contributed by atoms with Gasteiger partial charge in [0, 0.05) is 31.0 Å². The van der Waals surface area contributed by atoms with Crippen LogP contribution in [-0.4, -0.2) is 72.6 Å². The van der Waals surface area contributed by atoms with Gasteiger partial charge in [-0.25, -0.2) is 9.31 Å². The van der Waals surface area contributed by atoms with Crippen molar-refractivity contribution in [2.75, 3.05) is 23.3 Å². The van der Waals surface area contributed by atoms with Gasteiger partial charge < -0.3 is 15.0 Å². The van der Waals surface area contributed by atoms with Gasteiger partial charge in [0.15, 0.2) is 5.01 Å². The van der Waals surface area contributed by atoms with Gasteiger partial charge in [0.05, 0.1) is 46.3 Å². The first kappa shape index (κ1) is 26.0. The summed E-state index contributed by atoms with van der Waals surface area (Å²) in [5, 5.41) is 27.8. The quantitative estimate of drug-likeness (QED) is 0.368. The number of amides is 1. The highest BCUT2D eigenvalue weighted by atomic mass is 32.1. The van der Waals surface area contributed by atoms with Crippen molar-refractivity contribution in [1.29, 1.82) is 5.26 Å². The fraction of sp³-hybridized carbons (Fsp3) is 0.429. The molecule has 7 rings (SSSR count). The standard InChI is InChI=1S/C28H31N9O2S/c1-16(2)32-22-10-23(24-7-6-18-8-17(11-29)12-31-37(18)24)30-13-21(22)25-33-34-26(40-25)35-14-19-9-20(15-35)36(19)27(38)39-28(3,4)5/h6-8,10,12-13,16,19-20H,9,14-15H2,1-5H3,(H,30,32). The minimum absolute atomic E-state index is 0.120. The topological polar surface area (TPSA) is 125 Å². The molecular formula is C28H31N9O2S. The zero-order valence-electron chi connectivity index (χ0n) is 23.1. The Balaban J connectivity index is 1.24. The van der Waals surface area contributed by atoms with Gasteiger partial charge in [0.25, 0.3) is 0 Å². The molecule has 0 spiro atoms. The molecule has 40 heavy (non-hydrogen) atoms. The highest BCUT2D eigenvalue weighted by Gasteiger charge is 2.49. The molecule has 1 N–H and O–H groups in total. The van der Waals surface area contributed by atoms with Crippen LogP contribution in [0.15, 0.2) is 36.7 Å². The number of piperazine rings is 1. The van der Waals surface area contributed by atoms with Crippen molar-refractivity contribution in [3.05, 3.63) is 42.2 Å². The summed E-state index contributed by atoms with van der Waals surface area (Å²) in [6, 6.07) is 10.3. The van der Waals surface area contributed by atoms with Crippen molar-refractivity contribution in [2.45, 2.75) is 64.8 Å². The highest BCUT2D eigenvalue weighted by Crippen LogP contribution is 2.40. The van der Waals surface area contributed by atoms with Crippen molar-refractivity contribution in [2.24, 2.45) is 0 Å². The second kappa shape index (κ2) is 9.75. The molecule has 3 fully saturated rings. The summed E-state index contributed by atoms with van der Waals surface area (Å²) in [6.45, 7) is 11.3. The van der Waals surface area contributed by atoms with E-state index in [0.717, 1.165) is 44.7 Å². The second-order valence-corrected chi connectivity index (χ2v) is 12.5. The van der Waals surface area contributed by atoms with Crippen LogP contribution in [0.2, 0.25) is 0 Å². The lowest BCUT2D eigenvalue weighted by Gasteiger charge is -2.55. The van der Waals surface area contributed by atoms with Gasteiger partial charge in [-0.05, 0) is 65.3 Å². The van der Waals surface area contributed by atoms with E-state index < -0.39 is 5.60 Å². The molecule has 2 unspecified atom stereocenters. The smallest absolute Gasteiger partial charge is 0.410 e. The van der Waals surface area contributed by atoms with E-state index in [1.54, 1.807) is 16.8 Å². The van der Waals surface area contributed by atoms with Crippen molar-refractivity contribution in [3.8, 4) is 28.0 Å². The zero-order chi connectivity index (χ0) is 28.2. The lowest BCUT2D eigenvalue weighted by molar-refractivity contribution is -0.0379. The molecule has 3 saturated heterocycles. The lowest BCUT2D eigenvalue weighted by atomic mass is 9.88. The van der Waals surface area contributed by atoms with Crippen LogP contribution in [0.1, 0.15) is 46.6 Å². The molecular weight excluding hydrogens is 526 g/mol. The third-order valence-corrected chi connectivity index (χ3v) is 7.97. The Kier molecular flexibility index (Phi) is 6.34. The second-order valence-electron chi connectivity index (χ2n) is 11.6. The molecule has 0 saturated carbocycles. The molecule has 1 amide bonds. The summed E-state index contributed by atoms with van der Waals surface area (Å²) < 4.78 is 7.39. The Morgan fingerprint density at radius 3 is 2.65 bits per heavy atom. The molecule has 2 bridgehead atoms. The third-order valence-electron chi connectivity index (χ3n) is 6.95. The van der Waals surface area contributed by atoms with Crippen LogP contribution < -0.4 is 10.2 Å². The summed E-state index contributed by atoms with van der Waals surface area (Å²) >= 11 is 1.53. The van der Waals surface area contributed by atoms with Gasteiger partial charge in [0.2, 0.25) is 5.13 Å². The van der Waals surface area contributed by atoms with Gasteiger partial charge >= 0.3 is 6.09 Å². The molecule has 3 aliphatic heterocycles. The van der Waals surface area contributed by atoms with E-state index in [-0.39, 0.29) is 24.2 Å². The summed E-state index contributed by atoms with van der Waals surface area (Å²) in [5.74, 6) is 0. The lowest BCUT2D eigenvalue weighted by Crippen LogP contribution is -2.70. The summed E-state index contributed by atoms with van der Waals surface area (Å²) in [4.78, 5) is 21.5. The fourth-order valence-corrected chi connectivity index (χ4v) is 6.17. The van der Waals surface area contributed by atoms with Gasteiger partial charge in [-0.2, -0.15) is 10.4 Å². The molecule has 4 aromatic rings. The normalized spacial score (nSPS) is 18.5. The maximum absolute atomic E-state index is 12.7. The number of carbonyl (C=O) groups excluding carboxylic acids is 1. The van der Waals surface area contributed by atoms with E-state index in [9.17, 15) is 10.1 Å². The number of hydrogen-bond donors (Lipinski definition) is 1. The average Bonchev–Trinajstić information content (AvgIpc) is 3.54. The maximum atomic E-state index is 12.7. The number of nitriles is 1. The van der Waals surface area contributed by atoms with Crippen molar-refractivity contribution in [1.82, 2.24) is 29.7 Å². The van der Waals surface area contributed by atoms with E-state index in [2.05, 4.69) is 45.4 Å². The van der Waals surface area contributed by atoms with E-state index in [1.807, 2.05) is 50.1 Å². The van der Waals surface area contributed by atoms with E-state index in [1.165, 1.54) is 11.3 Å². The van der Waals surface area contributed by atoms with Crippen LogP contribution in [0.5, 0.6) is 0 Å². The molecule has 206 valence electrons. The van der Waals surface area contributed by atoms with Crippen LogP contribution in [0.25, 0.3) is 27.5 Å². The summed E-state index contributed by atoms with van der Waals surface area (Å²) in [5.41, 5.74) is 4.20. The third kappa shape index (κ3) is 4.81. The first-order valence-electron chi connectivity index (χ1n) is 13.3. The molecule has 0 aromatic carbocycles. The minimum Gasteiger partial charge on any atom is -0.444 e. The van der Waals surface area contributed by atoms with Crippen molar-refractivity contribution >= 4 is 33.8 Å². The predicted molar refractivity (Wildman–Crippen MR) is 153 cm³/mol. The number of anilines is 2. The molecule has 3 aliphatic rings. The first-order chi connectivity index (χ1) is 19.1. The summed E-state index contributed by atoms with van der Waals surface area (Å²) in [7, 11) is 0. The number of nitrogens with zero attached hydrogens (tertiary/aromatic N) is 8. The predicted octanol–water partition coefficient (Wildman–Crippen LogP) is 4.80. The molecule has 0 radical (unpaired) electrons. The van der Waals surface area contributed by atoms with E-state index >= 15 is 0 Å². The van der Waals surface area contributed by atoms with Gasteiger partial charge in [-0.1, -0.05) is 11.3 Å². The van der Waals surface area contributed by atoms with Crippen molar-refractivity contribution < 1.29 is 9.53 Å². The Labute approximate surface area is 236 Å². The van der Waals surface area contributed by atoms with E-state index in [0.29, 0.717) is 18.7 Å². The minimum atomic E-state index is -0.508. The van der Waals surface area contributed by atoms with Crippen LogP contribution in [0, 0.1) is 11.3 Å². The van der Waals surface area contributed by atoms with Crippen LogP contribution >= 0.6 is 11.3 Å². The Hall–Kier alpha value is -4.24. The first-order valence-corrected chi connectivity index (χ1v) is 14.2.